The summed E-state index contributed by atoms with van der Waals surface area (Å²) in [6, 6.07) is 8.36. The lowest BCUT2D eigenvalue weighted by molar-refractivity contribution is -0.0676. The Hall–Kier alpha value is -1.02. The van der Waals surface area contributed by atoms with E-state index in [1.807, 2.05) is 19.1 Å². The number of hydrogen-bond donors (Lipinski definition) is 0. The first-order valence-electron chi connectivity index (χ1n) is 7.55. The molecule has 1 aromatic carbocycles. The Balaban J connectivity index is 2.36. The van der Waals surface area contributed by atoms with E-state index in [-0.39, 0.29) is 6.29 Å². The molecule has 2 heteroatoms. The quantitative estimate of drug-likeness (QED) is 0.454. The molecule has 0 radical (unpaired) electrons. The highest BCUT2D eigenvalue weighted by molar-refractivity contribution is 5.29. The van der Waals surface area contributed by atoms with Crippen LogP contribution in [0.5, 0.6) is 5.75 Å². The number of rotatable bonds is 9. The minimum absolute atomic E-state index is 0.175. The van der Waals surface area contributed by atoms with Crippen molar-refractivity contribution in [1.82, 2.24) is 0 Å². The van der Waals surface area contributed by atoms with Crippen LogP contribution in [-0.2, 0) is 4.74 Å². The van der Waals surface area contributed by atoms with Crippen molar-refractivity contribution in [2.75, 3.05) is 6.61 Å². The Morgan fingerprint density at radius 3 is 2.26 bits per heavy atom. The minimum Gasteiger partial charge on any atom is -0.465 e. The molecule has 0 N–H and O–H groups in total. The highest BCUT2D eigenvalue weighted by Gasteiger charge is 2.06. The Kier molecular flexibility index (Phi) is 7.57. The van der Waals surface area contributed by atoms with Gasteiger partial charge in [0.05, 0.1) is 6.61 Å². The maximum Gasteiger partial charge on any atom is 0.196 e. The average molecular weight is 264 g/mol. The summed E-state index contributed by atoms with van der Waals surface area (Å²) in [6.45, 7) is 9.38. The second-order valence-corrected chi connectivity index (χ2v) is 5.14. The van der Waals surface area contributed by atoms with Crippen molar-refractivity contribution in [3.8, 4) is 5.75 Å². The summed E-state index contributed by atoms with van der Waals surface area (Å²) in [6.07, 6.45) is 4.53. The van der Waals surface area contributed by atoms with Gasteiger partial charge in [0.15, 0.2) is 6.29 Å². The van der Waals surface area contributed by atoms with Gasteiger partial charge < -0.3 is 9.47 Å². The third-order valence-corrected chi connectivity index (χ3v) is 3.46. The van der Waals surface area contributed by atoms with E-state index in [1.165, 1.54) is 18.4 Å². The van der Waals surface area contributed by atoms with Crippen LogP contribution >= 0.6 is 0 Å². The molecule has 0 amide bonds. The molecule has 0 saturated heterocycles. The lowest BCUT2D eigenvalue weighted by Gasteiger charge is -2.16. The van der Waals surface area contributed by atoms with Gasteiger partial charge in [-0.25, -0.2) is 0 Å². The van der Waals surface area contributed by atoms with Gasteiger partial charge in [0, 0.05) is 0 Å². The number of unbranched alkanes of at least 4 members (excludes halogenated alkanes) is 2. The smallest absolute Gasteiger partial charge is 0.196 e. The average Bonchev–Trinajstić information content (AvgIpc) is 2.43. The van der Waals surface area contributed by atoms with Crippen LogP contribution in [-0.4, -0.2) is 12.9 Å². The molecule has 2 unspecified atom stereocenters. The molecule has 19 heavy (non-hydrogen) atoms. The van der Waals surface area contributed by atoms with Crippen LogP contribution in [0.15, 0.2) is 24.3 Å². The Morgan fingerprint density at radius 1 is 1.00 bits per heavy atom. The van der Waals surface area contributed by atoms with Gasteiger partial charge in [-0.3, -0.25) is 0 Å². The fourth-order valence-corrected chi connectivity index (χ4v) is 1.94. The van der Waals surface area contributed by atoms with Crippen molar-refractivity contribution in [1.29, 1.82) is 0 Å². The minimum atomic E-state index is -0.175. The van der Waals surface area contributed by atoms with Gasteiger partial charge in [0.2, 0.25) is 0 Å². The highest BCUT2D eigenvalue weighted by atomic mass is 16.7. The largest absolute Gasteiger partial charge is 0.465 e. The third kappa shape index (κ3) is 6.11. The predicted molar refractivity (Wildman–Crippen MR) is 80.7 cm³/mol. The molecule has 0 heterocycles. The zero-order chi connectivity index (χ0) is 14.1. The van der Waals surface area contributed by atoms with E-state index in [4.69, 9.17) is 9.47 Å². The van der Waals surface area contributed by atoms with Crippen LogP contribution in [0, 0.1) is 0 Å². The standard InChI is InChI=1S/C17H28O2/c1-5-7-8-13-18-15(4)19-17-11-9-16(10-12-17)14(3)6-2/h9-12,14-15H,5-8,13H2,1-4H3. The van der Waals surface area contributed by atoms with Crippen LogP contribution in [0.2, 0.25) is 0 Å². The number of hydrogen-bond acceptors (Lipinski definition) is 2. The second-order valence-electron chi connectivity index (χ2n) is 5.14. The maximum absolute atomic E-state index is 5.74. The first-order valence-corrected chi connectivity index (χ1v) is 7.55. The van der Waals surface area contributed by atoms with E-state index in [0.717, 1.165) is 25.2 Å². The molecule has 0 saturated carbocycles. The lowest BCUT2D eigenvalue weighted by Crippen LogP contribution is -2.17. The van der Waals surface area contributed by atoms with Crippen LogP contribution in [0.4, 0.5) is 0 Å². The van der Waals surface area contributed by atoms with Crippen molar-refractivity contribution >= 4 is 0 Å². The molecule has 0 aliphatic carbocycles. The first kappa shape index (κ1) is 16.0. The summed E-state index contributed by atoms with van der Waals surface area (Å²) in [5.74, 6) is 1.49. The summed E-state index contributed by atoms with van der Waals surface area (Å²) in [5.41, 5.74) is 1.37. The Morgan fingerprint density at radius 2 is 1.68 bits per heavy atom. The van der Waals surface area contributed by atoms with E-state index in [2.05, 4.69) is 32.9 Å². The molecule has 0 aliphatic heterocycles. The lowest BCUT2D eigenvalue weighted by atomic mass is 9.99. The van der Waals surface area contributed by atoms with Gasteiger partial charge in [-0.15, -0.1) is 0 Å². The second kappa shape index (κ2) is 8.98. The van der Waals surface area contributed by atoms with Crippen LogP contribution in [0.3, 0.4) is 0 Å². The summed E-state index contributed by atoms with van der Waals surface area (Å²) in [7, 11) is 0. The van der Waals surface area contributed by atoms with Gasteiger partial charge in [-0.2, -0.15) is 0 Å². The first-order chi connectivity index (χ1) is 9.17. The van der Waals surface area contributed by atoms with Crippen molar-refractivity contribution in [2.45, 2.75) is 65.6 Å². The summed E-state index contributed by atoms with van der Waals surface area (Å²) >= 11 is 0. The van der Waals surface area contributed by atoms with E-state index < -0.39 is 0 Å². The molecule has 2 atom stereocenters. The molecule has 0 bridgehead atoms. The maximum atomic E-state index is 5.74. The van der Waals surface area contributed by atoms with E-state index in [9.17, 15) is 0 Å². The van der Waals surface area contributed by atoms with Gasteiger partial charge in [-0.05, 0) is 43.4 Å². The van der Waals surface area contributed by atoms with Crippen LogP contribution < -0.4 is 4.74 Å². The molecule has 108 valence electrons. The van der Waals surface area contributed by atoms with E-state index in [1.54, 1.807) is 0 Å². The Bertz CT molecular complexity index is 332. The fourth-order valence-electron chi connectivity index (χ4n) is 1.94. The monoisotopic (exact) mass is 264 g/mol. The van der Waals surface area contributed by atoms with Gasteiger partial charge in [0.1, 0.15) is 5.75 Å². The number of ether oxygens (including phenoxy) is 2. The molecule has 0 spiro atoms. The zero-order valence-electron chi connectivity index (χ0n) is 12.8. The van der Waals surface area contributed by atoms with Crippen molar-refractivity contribution < 1.29 is 9.47 Å². The molecule has 1 aromatic rings. The predicted octanol–water partition coefficient (Wildman–Crippen LogP) is 5.13. The van der Waals surface area contributed by atoms with Gasteiger partial charge in [0.25, 0.3) is 0 Å². The summed E-state index contributed by atoms with van der Waals surface area (Å²) in [4.78, 5) is 0. The molecule has 0 aliphatic rings. The number of benzene rings is 1. The fraction of sp³-hybridized carbons (Fsp3) is 0.647. The molecular formula is C17H28O2. The SMILES string of the molecule is CCCCCOC(C)Oc1ccc(C(C)CC)cc1. The molecule has 2 nitrogen and oxygen atoms in total. The van der Waals surface area contributed by atoms with Crippen molar-refractivity contribution in [2.24, 2.45) is 0 Å². The van der Waals surface area contributed by atoms with Crippen LogP contribution in [0.25, 0.3) is 0 Å². The van der Waals surface area contributed by atoms with E-state index >= 15 is 0 Å². The van der Waals surface area contributed by atoms with Crippen molar-refractivity contribution in [3.05, 3.63) is 29.8 Å². The van der Waals surface area contributed by atoms with Crippen molar-refractivity contribution in [3.63, 3.8) is 0 Å². The van der Waals surface area contributed by atoms with Gasteiger partial charge >= 0.3 is 0 Å². The highest BCUT2D eigenvalue weighted by Crippen LogP contribution is 2.22. The summed E-state index contributed by atoms with van der Waals surface area (Å²) in [5, 5.41) is 0. The zero-order valence-corrected chi connectivity index (χ0v) is 12.8. The molecule has 0 aromatic heterocycles. The van der Waals surface area contributed by atoms with Crippen LogP contribution in [0.1, 0.15) is 64.9 Å². The molecule has 1 rings (SSSR count). The van der Waals surface area contributed by atoms with Gasteiger partial charge in [-0.1, -0.05) is 45.7 Å². The summed E-state index contributed by atoms with van der Waals surface area (Å²) < 4.78 is 11.4. The normalized spacial score (nSPS) is 14.1. The Labute approximate surface area is 118 Å². The molecule has 0 fully saturated rings. The third-order valence-electron chi connectivity index (χ3n) is 3.46. The molecular weight excluding hydrogens is 236 g/mol. The van der Waals surface area contributed by atoms with E-state index in [0.29, 0.717) is 5.92 Å². The topological polar surface area (TPSA) is 18.5 Å².